The van der Waals surface area contributed by atoms with E-state index in [0.717, 1.165) is 35.2 Å². The van der Waals surface area contributed by atoms with E-state index < -0.39 is 0 Å². The van der Waals surface area contributed by atoms with Gasteiger partial charge < -0.3 is 5.73 Å². The Hall–Kier alpha value is -1.66. The van der Waals surface area contributed by atoms with Gasteiger partial charge in [0.15, 0.2) is 0 Å². The maximum Gasteiger partial charge on any atom is 0.349 e. The van der Waals surface area contributed by atoms with Gasteiger partial charge in [-0.15, -0.1) is 0 Å². The van der Waals surface area contributed by atoms with E-state index in [1.807, 2.05) is 30.5 Å². The SMILES string of the molecule is Nc1nc(=O)n(Cc2ccc(Br)cc2)cc1CN1CCCCC1. The number of nitrogen functional groups attached to an aromatic ring is 1. The third-order valence-corrected chi connectivity index (χ3v) is 4.74. The van der Waals surface area contributed by atoms with E-state index in [9.17, 15) is 4.79 Å². The first-order valence-corrected chi connectivity index (χ1v) is 8.74. The van der Waals surface area contributed by atoms with Gasteiger partial charge in [-0.1, -0.05) is 34.5 Å². The van der Waals surface area contributed by atoms with E-state index in [2.05, 4.69) is 25.8 Å². The van der Waals surface area contributed by atoms with Crippen molar-refractivity contribution >= 4 is 21.7 Å². The largest absolute Gasteiger partial charge is 0.383 e. The Morgan fingerprint density at radius 1 is 1.09 bits per heavy atom. The highest BCUT2D eigenvalue weighted by Crippen LogP contribution is 2.16. The first-order chi connectivity index (χ1) is 11.1. The van der Waals surface area contributed by atoms with Crippen LogP contribution in [0.1, 0.15) is 30.4 Å². The molecule has 1 fully saturated rings. The molecule has 0 saturated carbocycles. The van der Waals surface area contributed by atoms with Crippen LogP contribution in [0.2, 0.25) is 0 Å². The molecule has 2 aromatic rings. The second-order valence-electron chi connectivity index (χ2n) is 6.03. The molecule has 1 aliphatic heterocycles. The second kappa shape index (κ2) is 7.27. The van der Waals surface area contributed by atoms with Crippen LogP contribution in [0.5, 0.6) is 0 Å². The van der Waals surface area contributed by atoms with Crippen LogP contribution in [0.25, 0.3) is 0 Å². The average Bonchev–Trinajstić information content (AvgIpc) is 2.55. The van der Waals surface area contributed by atoms with E-state index in [-0.39, 0.29) is 5.69 Å². The summed E-state index contributed by atoms with van der Waals surface area (Å²) in [6.45, 7) is 3.45. The van der Waals surface area contributed by atoms with E-state index in [4.69, 9.17) is 5.73 Å². The zero-order valence-electron chi connectivity index (χ0n) is 13.0. The van der Waals surface area contributed by atoms with E-state index >= 15 is 0 Å². The molecule has 0 spiro atoms. The minimum atomic E-state index is -0.298. The van der Waals surface area contributed by atoms with Crippen molar-refractivity contribution < 1.29 is 0 Å². The van der Waals surface area contributed by atoms with Gasteiger partial charge in [0.1, 0.15) is 5.82 Å². The predicted octanol–water partition coefficient (Wildman–Crippen LogP) is 2.62. The van der Waals surface area contributed by atoms with Gasteiger partial charge in [-0.05, 0) is 43.6 Å². The molecule has 1 aliphatic rings. The zero-order valence-corrected chi connectivity index (χ0v) is 14.6. The minimum absolute atomic E-state index is 0.298. The number of hydrogen-bond acceptors (Lipinski definition) is 4. The van der Waals surface area contributed by atoms with Crippen molar-refractivity contribution in [3.8, 4) is 0 Å². The average molecular weight is 377 g/mol. The van der Waals surface area contributed by atoms with Crippen LogP contribution in [0.3, 0.4) is 0 Å². The molecule has 0 aliphatic carbocycles. The molecule has 0 bridgehead atoms. The van der Waals surface area contributed by atoms with Crippen molar-refractivity contribution in [3.05, 3.63) is 56.5 Å². The fourth-order valence-electron chi connectivity index (χ4n) is 2.93. The molecule has 5 nitrogen and oxygen atoms in total. The molecular formula is C17H21BrN4O. The summed E-state index contributed by atoms with van der Waals surface area (Å²) in [6, 6.07) is 7.94. The lowest BCUT2D eigenvalue weighted by molar-refractivity contribution is 0.220. The van der Waals surface area contributed by atoms with E-state index in [0.29, 0.717) is 12.4 Å². The van der Waals surface area contributed by atoms with Crippen LogP contribution in [-0.2, 0) is 13.1 Å². The Labute approximate surface area is 144 Å². The molecule has 0 amide bonds. The summed E-state index contributed by atoms with van der Waals surface area (Å²) in [5.41, 5.74) is 7.66. The van der Waals surface area contributed by atoms with Crippen LogP contribution in [0, 0.1) is 0 Å². The highest BCUT2D eigenvalue weighted by atomic mass is 79.9. The molecular weight excluding hydrogens is 356 g/mol. The lowest BCUT2D eigenvalue weighted by Gasteiger charge is -2.26. The number of rotatable bonds is 4. The number of anilines is 1. The quantitative estimate of drug-likeness (QED) is 0.890. The maximum absolute atomic E-state index is 12.1. The first kappa shape index (κ1) is 16.2. The topological polar surface area (TPSA) is 64.1 Å². The summed E-state index contributed by atoms with van der Waals surface area (Å²) in [5, 5.41) is 0. The maximum atomic E-state index is 12.1. The Kier molecular flexibility index (Phi) is 5.13. The third kappa shape index (κ3) is 4.20. The summed E-state index contributed by atoms with van der Waals surface area (Å²) in [6.07, 6.45) is 5.62. The molecule has 1 saturated heterocycles. The number of aromatic nitrogens is 2. The van der Waals surface area contributed by atoms with Gasteiger partial charge in [0.05, 0.1) is 6.54 Å². The highest BCUT2D eigenvalue weighted by Gasteiger charge is 2.14. The van der Waals surface area contributed by atoms with E-state index in [1.165, 1.54) is 19.3 Å². The summed E-state index contributed by atoms with van der Waals surface area (Å²) < 4.78 is 2.66. The number of halogens is 1. The van der Waals surface area contributed by atoms with Gasteiger partial charge in [0.2, 0.25) is 0 Å². The molecule has 2 N–H and O–H groups in total. The number of piperidine rings is 1. The predicted molar refractivity (Wildman–Crippen MR) is 95.3 cm³/mol. The standard InChI is InChI=1S/C17H21BrN4O/c18-15-6-4-13(5-7-15)10-22-12-14(16(19)20-17(22)23)11-21-8-2-1-3-9-21/h4-7,12H,1-3,8-11H2,(H2,19,20,23). The fraction of sp³-hybridized carbons (Fsp3) is 0.412. The van der Waals surface area contributed by atoms with Crippen LogP contribution >= 0.6 is 15.9 Å². The van der Waals surface area contributed by atoms with Gasteiger partial charge in [-0.2, -0.15) is 4.98 Å². The lowest BCUT2D eigenvalue weighted by Crippen LogP contribution is -2.31. The van der Waals surface area contributed by atoms with Crippen LogP contribution in [0.4, 0.5) is 5.82 Å². The van der Waals surface area contributed by atoms with Crippen molar-refractivity contribution in [1.29, 1.82) is 0 Å². The Balaban J connectivity index is 1.81. The molecule has 3 rings (SSSR count). The molecule has 0 radical (unpaired) electrons. The summed E-state index contributed by atoms with van der Waals surface area (Å²) in [5.74, 6) is 0.354. The Morgan fingerprint density at radius 2 is 1.78 bits per heavy atom. The van der Waals surface area contributed by atoms with Gasteiger partial charge in [-0.3, -0.25) is 9.47 Å². The molecule has 0 unspecified atom stereocenters. The molecule has 2 heterocycles. The van der Waals surface area contributed by atoms with Crippen molar-refractivity contribution in [3.63, 3.8) is 0 Å². The number of hydrogen-bond donors (Lipinski definition) is 1. The van der Waals surface area contributed by atoms with Gasteiger partial charge in [0, 0.05) is 22.8 Å². The van der Waals surface area contributed by atoms with Crippen molar-refractivity contribution in [2.45, 2.75) is 32.4 Å². The Morgan fingerprint density at radius 3 is 2.48 bits per heavy atom. The van der Waals surface area contributed by atoms with Crippen LogP contribution < -0.4 is 11.4 Å². The monoisotopic (exact) mass is 376 g/mol. The number of nitrogens with zero attached hydrogens (tertiary/aromatic N) is 3. The number of likely N-dealkylation sites (tertiary alicyclic amines) is 1. The molecule has 122 valence electrons. The van der Waals surface area contributed by atoms with Crippen molar-refractivity contribution in [1.82, 2.24) is 14.5 Å². The first-order valence-electron chi connectivity index (χ1n) is 7.94. The molecule has 1 aromatic heterocycles. The third-order valence-electron chi connectivity index (χ3n) is 4.21. The highest BCUT2D eigenvalue weighted by molar-refractivity contribution is 9.10. The molecule has 0 atom stereocenters. The summed E-state index contributed by atoms with van der Waals surface area (Å²) in [7, 11) is 0. The number of benzene rings is 1. The van der Waals surface area contributed by atoms with Gasteiger partial charge in [0.25, 0.3) is 0 Å². The minimum Gasteiger partial charge on any atom is -0.383 e. The smallest absolute Gasteiger partial charge is 0.349 e. The molecule has 23 heavy (non-hydrogen) atoms. The van der Waals surface area contributed by atoms with Crippen LogP contribution in [-0.4, -0.2) is 27.5 Å². The summed E-state index contributed by atoms with van der Waals surface area (Å²) >= 11 is 3.42. The van der Waals surface area contributed by atoms with E-state index in [1.54, 1.807) is 4.57 Å². The number of nitrogens with two attached hydrogens (primary N) is 1. The normalized spacial score (nSPS) is 15.7. The molecule has 1 aromatic carbocycles. The zero-order chi connectivity index (χ0) is 16.2. The second-order valence-corrected chi connectivity index (χ2v) is 6.94. The lowest BCUT2D eigenvalue weighted by atomic mass is 10.1. The Bertz CT molecular complexity index is 720. The van der Waals surface area contributed by atoms with Crippen LogP contribution in [0.15, 0.2) is 39.7 Å². The molecule has 6 heteroatoms. The summed E-state index contributed by atoms with van der Waals surface area (Å²) in [4.78, 5) is 18.5. The van der Waals surface area contributed by atoms with Crippen molar-refractivity contribution in [2.75, 3.05) is 18.8 Å². The van der Waals surface area contributed by atoms with Crippen molar-refractivity contribution in [2.24, 2.45) is 0 Å². The van der Waals surface area contributed by atoms with Gasteiger partial charge in [-0.25, -0.2) is 4.79 Å². The van der Waals surface area contributed by atoms with Gasteiger partial charge >= 0.3 is 5.69 Å². The fourth-order valence-corrected chi connectivity index (χ4v) is 3.19.